The Hall–Kier alpha value is -7.17. The van der Waals surface area contributed by atoms with Crippen molar-refractivity contribution in [3.8, 4) is 34.0 Å². The number of ether oxygens (including phenoxy) is 1. The van der Waals surface area contributed by atoms with E-state index in [2.05, 4.69) is 24.7 Å². The molecule has 0 bridgehead atoms. The van der Waals surface area contributed by atoms with E-state index in [1.165, 1.54) is 7.05 Å². The van der Waals surface area contributed by atoms with Crippen molar-refractivity contribution in [1.29, 1.82) is 0 Å². The molecule has 6 aliphatic rings. The first-order valence-electron chi connectivity index (χ1n) is 28.8. The Morgan fingerprint density at radius 3 is 2.30 bits per heavy atom. The molecular weight excluding hydrogens is 1170 g/mol. The molecule has 0 saturated heterocycles. The van der Waals surface area contributed by atoms with Gasteiger partial charge in [0.1, 0.15) is 30.3 Å². The fourth-order valence-corrected chi connectivity index (χ4v) is 14.3. The summed E-state index contributed by atoms with van der Waals surface area (Å²) in [6.07, 6.45) is 6.65. The summed E-state index contributed by atoms with van der Waals surface area (Å²) in [6, 6.07) is 18.6. The van der Waals surface area contributed by atoms with Gasteiger partial charge in [0.25, 0.3) is 5.91 Å². The number of halogens is 4. The van der Waals surface area contributed by atoms with Gasteiger partial charge >= 0.3 is 22.0 Å². The van der Waals surface area contributed by atoms with Gasteiger partial charge in [-0.2, -0.15) is 14.3 Å². The highest BCUT2D eigenvalue weighted by Crippen LogP contribution is 2.54. The fraction of sp³-hybridized carbons (Fsp3) is 0.371. The topological polar surface area (TPSA) is 247 Å². The van der Waals surface area contributed by atoms with E-state index in [1.807, 2.05) is 76.2 Å². The first-order chi connectivity index (χ1) is 41.2. The van der Waals surface area contributed by atoms with Crippen molar-refractivity contribution in [3.63, 3.8) is 0 Å². The quantitative estimate of drug-likeness (QED) is 0.0145. The number of amides is 1. The molecule has 6 aliphatic heterocycles. The third kappa shape index (κ3) is 10.9. The van der Waals surface area contributed by atoms with Crippen LogP contribution in [-0.4, -0.2) is 114 Å². The minimum absolute atomic E-state index is 0.000292. The van der Waals surface area contributed by atoms with Gasteiger partial charge in [0.15, 0.2) is 28.8 Å². The van der Waals surface area contributed by atoms with Crippen LogP contribution in [0.1, 0.15) is 116 Å². The van der Waals surface area contributed by atoms with Crippen LogP contribution in [0, 0.1) is 23.3 Å². The summed E-state index contributed by atoms with van der Waals surface area (Å²) in [6.45, 7) is 8.56. The number of hydrogen-bond acceptors (Lipinski definition) is 13. The number of phosphoric ester groups is 2. The molecular formula is C62H64F4N7O12P2+. The number of para-hydroxylation sites is 1. The van der Waals surface area contributed by atoms with Crippen molar-refractivity contribution >= 4 is 56.0 Å². The van der Waals surface area contributed by atoms with Gasteiger partial charge in [0.05, 0.1) is 40.2 Å². The lowest BCUT2D eigenvalue weighted by Gasteiger charge is -2.47. The molecule has 0 spiro atoms. The number of aromatic nitrogens is 3. The molecule has 25 heteroatoms. The molecule has 12 rings (SSSR count). The minimum atomic E-state index is -5.08. The maximum Gasteiger partial charge on any atom is 0.469 e. The minimum Gasteiger partial charge on any atom is -0.606 e. The van der Waals surface area contributed by atoms with Crippen molar-refractivity contribution < 1.29 is 75.1 Å². The number of phosphoric acid groups is 2. The summed E-state index contributed by atoms with van der Waals surface area (Å²) >= 11 is 0. The maximum absolute atomic E-state index is 17.9. The van der Waals surface area contributed by atoms with Gasteiger partial charge in [-0.1, -0.05) is 53.8 Å². The molecule has 0 aliphatic carbocycles. The number of aliphatic carboxylic acids is 1. The fourth-order valence-electron chi connectivity index (χ4n) is 13.7. The number of aryl methyl sites for hydroxylation is 1. The number of nitrogens with zero attached hydrogens (tertiary/aromatic N) is 7. The van der Waals surface area contributed by atoms with Gasteiger partial charge in [0.2, 0.25) is 5.36 Å². The van der Waals surface area contributed by atoms with Gasteiger partial charge in [-0.15, -0.1) is 5.10 Å². The van der Waals surface area contributed by atoms with E-state index in [0.717, 1.165) is 27.3 Å². The Morgan fingerprint density at radius 1 is 0.839 bits per heavy atom. The molecule has 0 radical (unpaired) electrons. The van der Waals surface area contributed by atoms with E-state index in [0.29, 0.717) is 121 Å². The van der Waals surface area contributed by atoms with Crippen molar-refractivity contribution in [3.05, 3.63) is 151 Å². The summed E-state index contributed by atoms with van der Waals surface area (Å²) in [4.78, 5) is 84.3. The average molecular weight is 1240 g/mol. The number of carboxylic acid groups (broad SMARTS) is 1. The molecule has 0 atom stereocenters. The molecule has 7 heterocycles. The number of carbonyl (C=O) groups excluding carboxylic acids is 1. The smallest absolute Gasteiger partial charge is 0.469 e. The van der Waals surface area contributed by atoms with E-state index < -0.39 is 86.6 Å². The van der Waals surface area contributed by atoms with Crippen LogP contribution in [0.25, 0.3) is 39.2 Å². The number of hydrogen-bond donors (Lipinski definition) is 5. The van der Waals surface area contributed by atoms with Crippen LogP contribution >= 0.6 is 16.0 Å². The Balaban J connectivity index is 1.01. The Kier molecular flexibility index (Phi) is 15.5. The van der Waals surface area contributed by atoms with E-state index >= 15 is 22.4 Å². The molecule has 6 aromatic rings. The van der Waals surface area contributed by atoms with Gasteiger partial charge in [-0.3, -0.25) is 14.1 Å². The lowest BCUT2D eigenvalue weighted by Crippen LogP contribution is -2.53. The highest BCUT2D eigenvalue weighted by Gasteiger charge is 2.45. The lowest BCUT2D eigenvalue weighted by atomic mass is 9.78. The predicted molar refractivity (Wildman–Crippen MR) is 315 cm³/mol. The second-order valence-corrected chi connectivity index (χ2v) is 26.4. The summed E-state index contributed by atoms with van der Waals surface area (Å²) in [7, 11) is -8.84. The first kappa shape index (κ1) is 60.1. The predicted octanol–water partition coefficient (Wildman–Crippen LogP) is 7.95. The zero-order valence-corrected chi connectivity index (χ0v) is 50.2. The summed E-state index contributed by atoms with van der Waals surface area (Å²) in [5.74, 6) is -10.1. The molecule has 5 aromatic carbocycles. The van der Waals surface area contributed by atoms with Gasteiger partial charge in [-0.25, -0.2) is 31.4 Å². The Labute approximate surface area is 498 Å². The molecule has 19 nitrogen and oxygen atoms in total. The average Bonchev–Trinajstić information content (AvgIpc) is 1.10. The number of carboxylic acids is 1. The van der Waals surface area contributed by atoms with Crippen LogP contribution in [0.4, 0.5) is 28.9 Å². The molecule has 87 heavy (non-hydrogen) atoms. The molecule has 1 aromatic heterocycles. The zero-order valence-electron chi connectivity index (χ0n) is 48.4. The van der Waals surface area contributed by atoms with Gasteiger partial charge in [-0.05, 0) is 93.4 Å². The van der Waals surface area contributed by atoms with E-state index in [4.69, 9.17) is 13.8 Å². The Bertz CT molecular complexity index is 4160. The van der Waals surface area contributed by atoms with E-state index in [-0.39, 0.29) is 53.8 Å². The molecule has 456 valence electrons. The standard InChI is InChI=1S/C62H63F4N7O12P2/c1-61(2)29-35(32-83-86(77,78)79)41-27-43-47(44-28-42-36(33-84-87(80,81)82)30-62(3,4)72-25-13-19-40(56(42)72)59(44)85-58(43)39-18-12-24-71(61)55(39)41)48-49(51(64)53(66)52(65)50(48)63)60(76)69(5)22-14-26-73-57-37-16-7-6-15-34(37)31-70(23-11-10-21-46(74)75)45-20-9-8-17-38(45)54(57)67-68-73/h6-9,15-17,20,27-30H,10-14,18-19,21-26,31-33H2,1-5H3,(H4-,74,75,77,78,79,80,81,82)/p+1. The summed E-state index contributed by atoms with van der Waals surface area (Å²) in [5.41, 5.74) is 3.83. The Morgan fingerprint density at radius 2 is 1.55 bits per heavy atom. The second kappa shape index (κ2) is 22.5. The van der Waals surface area contributed by atoms with Crippen LogP contribution in [0.15, 0.2) is 72.8 Å². The summed E-state index contributed by atoms with van der Waals surface area (Å²) in [5, 5.41) is 19.2. The molecule has 1 amide bonds. The van der Waals surface area contributed by atoms with Crippen LogP contribution in [0.3, 0.4) is 0 Å². The number of anilines is 2. The van der Waals surface area contributed by atoms with Crippen molar-refractivity contribution in [2.45, 2.75) is 103 Å². The van der Waals surface area contributed by atoms with Crippen LogP contribution in [-0.2, 0) is 44.3 Å². The van der Waals surface area contributed by atoms with Gasteiger partial charge in [0, 0.05) is 116 Å². The van der Waals surface area contributed by atoms with Crippen molar-refractivity contribution in [2.24, 2.45) is 0 Å². The largest absolute Gasteiger partial charge is 0.606 e. The number of unbranched alkanes of at least 4 members (excludes halogenated alkanes) is 1. The van der Waals surface area contributed by atoms with Gasteiger partial charge < -0.3 is 39.2 Å². The number of benzene rings is 5. The van der Waals surface area contributed by atoms with E-state index in [1.54, 1.807) is 29.0 Å². The first-order valence-corrected chi connectivity index (χ1v) is 31.8. The SMILES string of the molecule is CN(CCCn1nnc2c1-c1ccccc1CN(CCCCC(=O)O)c1ccccc1-2)C(=O)c1c(F)c(F)c(F)c(F)c1C1=c2cc3c4c(c2Oc2c1cc1c5c2CCCN5C(C)(C)C=C1COP(=O)(O)O)CCC[N+]=4C(C)(C)C=C3CO[P+]([O-])(O)O. The van der Waals surface area contributed by atoms with Crippen molar-refractivity contribution in [1.82, 2.24) is 24.5 Å². The monoisotopic (exact) mass is 1240 g/mol. The molecule has 5 N–H and O–H groups in total. The third-order valence-electron chi connectivity index (χ3n) is 17.4. The van der Waals surface area contributed by atoms with Crippen molar-refractivity contribution in [2.75, 3.05) is 56.2 Å². The highest BCUT2D eigenvalue weighted by molar-refractivity contribution is 7.51. The molecule has 0 saturated carbocycles. The summed E-state index contributed by atoms with van der Waals surface area (Å²) < 4.78 is 101. The lowest BCUT2D eigenvalue weighted by molar-refractivity contribution is -0.235. The number of carbonyl (C=O) groups is 2. The highest BCUT2D eigenvalue weighted by atomic mass is 31.2. The zero-order chi connectivity index (χ0) is 61.8. The van der Waals surface area contributed by atoms with E-state index in [9.17, 15) is 38.9 Å². The number of rotatable bonds is 17. The van der Waals surface area contributed by atoms with Crippen LogP contribution in [0.2, 0.25) is 0 Å². The number of fused-ring (bicyclic) bond motifs is 9. The second-order valence-electron chi connectivity index (χ2n) is 24.0. The molecule has 0 fully saturated rings. The molecule has 0 unspecified atom stereocenters. The normalized spacial score (nSPS) is 16.9. The third-order valence-corrected chi connectivity index (χ3v) is 18.3. The maximum atomic E-state index is 17.9. The van der Waals surface area contributed by atoms with Crippen LogP contribution in [0.5, 0.6) is 11.5 Å². The van der Waals surface area contributed by atoms with Crippen LogP contribution < -0.4 is 34.6 Å².